The summed E-state index contributed by atoms with van der Waals surface area (Å²) in [6, 6.07) is 6.40. The lowest BCUT2D eigenvalue weighted by Gasteiger charge is -2.34. The van der Waals surface area contributed by atoms with Crippen LogP contribution in [0.15, 0.2) is 18.2 Å². The highest BCUT2D eigenvalue weighted by Gasteiger charge is 2.30. The first kappa shape index (κ1) is 12.7. The fourth-order valence-corrected chi connectivity index (χ4v) is 3.65. The summed E-state index contributed by atoms with van der Waals surface area (Å²) in [5, 5.41) is 9.24. The van der Waals surface area contributed by atoms with E-state index in [0.29, 0.717) is 11.6 Å². The summed E-state index contributed by atoms with van der Waals surface area (Å²) in [7, 11) is 0. The zero-order chi connectivity index (χ0) is 13.4. The van der Waals surface area contributed by atoms with Gasteiger partial charge in [-0.3, -0.25) is 4.90 Å². The largest absolute Gasteiger partial charge is 0.478 e. The molecular weight excluding hydrogens is 238 g/mol. The summed E-state index contributed by atoms with van der Waals surface area (Å²) in [5.41, 5.74) is 2.76. The van der Waals surface area contributed by atoms with Crippen molar-refractivity contribution in [3.63, 3.8) is 0 Å². The maximum absolute atomic E-state index is 11.2. The summed E-state index contributed by atoms with van der Waals surface area (Å²) in [4.78, 5) is 13.8. The lowest BCUT2D eigenvalue weighted by molar-refractivity contribution is 0.0694. The number of carboxylic acid groups (broad SMARTS) is 1. The van der Waals surface area contributed by atoms with Crippen molar-refractivity contribution < 1.29 is 9.90 Å². The molecule has 0 aromatic heterocycles. The molecule has 3 nitrogen and oxygen atoms in total. The Labute approximate surface area is 114 Å². The highest BCUT2D eigenvalue weighted by Crippen LogP contribution is 2.32. The quantitative estimate of drug-likeness (QED) is 0.887. The molecule has 1 aromatic rings. The minimum absolute atomic E-state index is 0.497. The van der Waals surface area contributed by atoms with E-state index in [9.17, 15) is 9.90 Å². The lowest BCUT2D eigenvalue weighted by Crippen LogP contribution is -2.38. The van der Waals surface area contributed by atoms with Gasteiger partial charge in [-0.15, -0.1) is 0 Å². The van der Waals surface area contributed by atoms with Crippen LogP contribution in [0.5, 0.6) is 0 Å². The lowest BCUT2D eigenvalue weighted by atomic mass is 9.93. The van der Waals surface area contributed by atoms with E-state index in [1.54, 1.807) is 6.07 Å². The van der Waals surface area contributed by atoms with E-state index in [2.05, 4.69) is 17.9 Å². The first-order valence-corrected chi connectivity index (χ1v) is 7.23. The average Bonchev–Trinajstić information content (AvgIpc) is 2.84. The zero-order valence-corrected chi connectivity index (χ0v) is 11.4. The Balaban J connectivity index is 1.81. The van der Waals surface area contributed by atoms with Gasteiger partial charge in [-0.25, -0.2) is 4.79 Å². The second kappa shape index (κ2) is 4.97. The van der Waals surface area contributed by atoms with Gasteiger partial charge in [-0.1, -0.05) is 19.1 Å². The van der Waals surface area contributed by atoms with Gasteiger partial charge < -0.3 is 5.11 Å². The monoisotopic (exact) mass is 259 g/mol. The molecule has 1 aliphatic heterocycles. The van der Waals surface area contributed by atoms with Crippen molar-refractivity contribution in [1.82, 2.24) is 4.90 Å². The van der Waals surface area contributed by atoms with Crippen molar-refractivity contribution >= 4 is 5.97 Å². The van der Waals surface area contributed by atoms with Crippen LogP contribution in [0.4, 0.5) is 0 Å². The van der Waals surface area contributed by atoms with Crippen LogP contribution in [0.3, 0.4) is 0 Å². The van der Waals surface area contributed by atoms with Gasteiger partial charge in [0.25, 0.3) is 0 Å². The van der Waals surface area contributed by atoms with Gasteiger partial charge >= 0.3 is 5.97 Å². The predicted molar refractivity (Wildman–Crippen MR) is 74.3 cm³/mol. The summed E-state index contributed by atoms with van der Waals surface area (Å²) in [6.07, 6.45) is 4.81. The molecule has 0 spiro atoms. The van der Waals surface area contributed by atoms with E-state index in [4.69, 9.17) is 0 Å². The highest BCUT2D eigenvalue weighted by molar-refractivity contribution is 5.89. The van der Waals surface area contributed by atoms with Crippen LogP contribution in [-0.2, 0) is 13.0 Å². The van der Waals surface area contributed by atoms with Gasteiger partial charge in [0, 0.05) is 19.1 Å². The standard InChI is InChI=1S/C16H21NO2/c1-11-5-6-13(9-11)17-8-7-14-12(10-17)3-2-4-15(14)16(18)19/h2-4,11,13H,5-10H2,1H3,(H,18,19). The van der Waals surface area contributed by atoms with Crippen LogP contribution in [0, 0.1) is 5.92 Å². The normalized spacial score (nSPS) is 27.2. The average molecular weight is 259 g/mol. The molecule has 1 aromatic carbocycles. The van der Waals surface area contributed by atoms with Crippen molar-refractivity contribution in [2.24, 2.45) is 5.92 Å². The van der Waals surface area contributed by atoms with E-state index >= 15 is 0 Å². The third kappa shape index (κ3) is 2.39. The van der Waals surface area contributed by atoms with Gasteiger partial charge in [0.05, 0.1) is 5.56 Å². The number of fused-ring (bicyclic) bond motifs is 1. The number of rotatable bonds is 2. The summed E-state index contributed by atoms with van der Waals surface area (Å²) >= 11 is 0. The van der Waals surface area contributed by atoms with Gasteiger partial charge in [-0.05, 0) is 48.8 Å². The van der Waals surface area contributed by atoms with E-state index in [-0.39, 0.29) is 0 Å². The smallest absolute Gasteiger partial charge is 0.335 e. The number of benzene rings is 1. The second-order valence-electron chi connectivity index (χ2n) is 6.04. The fraction of sp³-hybridized carbons (Fsp3) is 0.562. The van der Waals surface area contributed by atoms with Gasteiger partial charge in [0.15, 0.2) is 0 Å². The Morgan fingerprint density at radius 3 is 2.89 bits per heavy atom. The molecule has 1 N–H and O–H groups in total. The van der Waals surface area contributed by atoms with E-state index in [0.717, 1.165) is 31.0 Å². The Morgan fingerprint density at radius 2 is 2.21 bits per heavy atom. The molecule has 2 aliphatic rings. The van der Waals surface area contributed by atoms with Crippen LogP contribution in [0.2, 0.25) is 0 Å². The minimum Gasteiger partial charge on any atom is -0.478 e. The molecule has 0 bridgehead atoms. The number of aromatic carboxylic acids is 1. The molecule has 1 heterocycles. The molecule has 1 saturated carbocycles. The first-order valence-electron chi connectivity index (χ1n) is 7.23. The molecule has 0 amide bonds. The molecule has 2 atom stereocenters. The molecule has 2 unspecified atom stereocenters. The van der Waals surface area contributed by atoms with Crippen LogP contribution in [0.25, 0.3) is 0 Å². The SMILES string of the molecule is CC1CCC(N2CCc3c(cccc3C(=O)O)C2)C1. The van der Waals surface area contributed by atoms with Gasteiger partial charge in [0.1, 0.15) is 0 Å². The molecule has 3 heteroatoms. The first-order chi connectivity index (χ1) is 9.15. The van der Waals surface area contributed by atoms with Gasteiger partial charge in [-0.2, -0.15) is 0 Å². The molecule has 19 heavy (non-hydrogen) atoms. The van der Waals surface area contributed by atoms with E-state index < -0.39 is 5.97 Å². The fourth-order valence-electron chi connectivity index (χ4n) is 3.65. The molecule has 0 radical (unpaired) electrons. The molecule has 1 fully saturated rings. The van der Waals surface area contributed by atoms with Crippen molar-refractivity contribution in [2.45, 2.75) is 45.2 Å². The van der Waals surface area contributed by atoms with Crippen LogP contribution >= 0.6 is 0 Å². The van der Waals surface area contributed by atoms with Crippen molar-refractivity contribution in [3.8, 4) is 0 Å². The number of carbonyl (C=O) groups is 1. The Hall–Kier alpha value is -1.35. The van der Waals surface area contributed by atoms with E-state index in [1.807, 2.05) is 6.07 Å². The van der Waals surface area contributed by atoms with Crippen molar-refractivity contribution in [2.75, 3.05) is 6.54 Å². The summed E-state index contributed by atoms with van der Waals surface area (Å²) < 4.78 is 0. The third-order valence-corrected chi connectivity index (χ3v) is 4.71. The summed E-state index contributed by atoms with van der Waals surface area (Å²) in [5.74, 6) is 0.0524. The molecule has 1 aliphatic carbocycles. The topological polar surface area (TPSA) is 40.5 Å². The van der Waals surface area contributed by atoms with Crippen LogP contribution in [0.1, 0.15) is 47.7 Å². The number of carboxylic acids is 1. The Morgan fingerprint density at radius 1 is 1.37 bits per heavy atom. The van der Waals surface area contributed by atoms with Gasteiger partial charge in [0.2, 0.25) is 0 Å². The van der Waals surface area contributed by atoms with E-state index in [1.165, 1.54) is 24.8 Å². The molecule has 0 saturated heterocycles. The zero-order valence-electron chi connectivity index (χ0n) is 11.4. The summed E-state index contributed by atoms with van der Waals surface area (Å²) in [6.45, 7) is 4.27. The predicted octanol–water partition coefficient (Wildman–Crippen LogP) is 2.93. The number of hydrogen-bond donors (Lipinski definition) is 1. The molecule has 102 valence electrons. The number of hydrogen-bond acceptors (Lipinski definition) is 2. The maximum atomic E-state index is 11.2. The van der Waals surface area contributed by atoms with Crippen molar-refractivity contribution in [3.05, 3.63) is 34.9 Å². The molecule has 3 rings (SSSR count). The van der Waals surface area contributed by atoms with Crippen LogP contribution < -0.4 is 0 Å². The Kier molecular flexibility index (Phi) is 3.31. The second-order valence-corrected chi connectivity index (χ2v) is 6.04. The molecular formula is C16H21NO2. The number of nitrogens with zero attached hydrogens (tertiary/aromatic N) is 1. The Bertz CT molecular complexity index is 498. The van der Waals surface area contributed by atoms with Crippen LogP contribution in [-0.4, -0.2) is 28.6 Å². The highest BCUT2D eigenvalue weighted by atomic mass is 16.4. The third-order valence-electron chi connectivity index (χ3n) is 4.71. The van der Waals surface area contributed by atoms with Crippen molar-refractivity contribution in [1.29, 1.82) is 0 Å². The minimum atomic E-state index is -0.792. The maximum Gasteiger partial charge on any atom is 0.335 e.